The number of nitrogen functional groups attached to an aromatic ring is 1. The Morgan fingerprint density at radius 1 is 1.38 bits per heavy atom. The van der Waals surface area contributed by atoms with E-state index in [9.17, 15) is 5.26 Å². The predicted molar refractivity (Wildman–Crippen MR) is 106 cm³/mol. The summed E-state index contributed by atoms with van der Waals surface area (Å²) in [6, 6.07) is 2.56. The van der Waals surface area contributed by atoms with E-state index >= 15 is 0 Å². The zero-order chi connectivity index (χ0) is 19.1. The Morgan fingerprint density at radius 3 is 2.77 bits per heavy atom. The van der Waals surface area contributed by atoms with E-state index in [1.807, 2.05) is 19.1 Å². The lowest BCUT2D eigenvalue weighted by Crippen LogP contribution is -2.44. The number of anilines is 1. The third-order valence-electron chi connectivity index (χ3n) is 5.00. The monoisotopic (exact) mass is 354 g/mol. The van der Waals surface area contributed by atoms with Gasteiger partial charge in [0.15, 0.2) is 0 Å². The molecule has 6 nitrogen and oxygen atoms in total. The molecule has 1 aliphatic rings. The Morgan fingerprint density at radius 2 is 2.15 bits per heavy atom. The van der Waals surface area contributed by atoms with Crippen molar-refractivity contribution in [2.24, 2.45) is 5.92 Å². The number of allylic oxidation sites excluding steroid dienone is 1. The molecule has 2 rings (SSSR count). The van der Waals surface area contributed by atoms with E-state index in [-0.39, 0.29) is 6.04 Å². The van der Waals surface area contributed by atoms with Crippen LogP contribution in [0.25, 0.3) is 11.6 Å². The van der Waals surface area contributed by atoms with Crippen LogP contribution in [0.1, 0.15) is 57.7 Å². The summed E-state index contributed by atoms with van der Waals surface area (Å²) in [7, 11) is 2.06. The van der Waals surface area contributed by atoms with Crippen LogP contribution in [0.15, 0.2) is 18.6 Å². The number of rotatable bonds is 8. The van der Waals surface area contributed by atoms with E-state index in [1.54, 1.807) is 0 Å². The van der Waals surface area contributed by atoms with Crippen molar-refractivity contribution < 1.29 is 0 Å². The molecule has 2 heterocycles. The molecule has 0 aliphatic carbocycles. The molecule has 26 heavy (non-hydrogen) atoms. The van der Waals surface area contributed by atoms with E-state index < -0.39 is 0 Å². The molecule has 140 valence electrons. The van der Waals surface area contributed by atoms with Gasteiger partial charge in [0.25, 0.3) is 0 Å². The summed E-state index contributed by atoms with van der Waals surface area (Å²) in [5, 5.41) is 13.8. The molecule has 0 radical (unpaired) electrons. The van der Waals surface area contributed by atoms with E-state index in [0.717, 1.165) is 42.6 Å². The van der Waals surface area contributed by atoms with Crippen LogP contribution < -0.4 is 5.73 Å². The van der Waals surface area contributed by atoms with Crippen LogP contribution in [0, 0.1) is 17.2 Å². The third kappa shape index (κ3) is 4.23. The summed E-state index contributed by atoms with van der Waals surface area (Å²) in [5.41, 5.74) is 8.88. The van der Waals surface area contributed by atoms with Crippen LogP contribution in [0.2, 0.25) is 0 Å². The molecule has 0 fully saturated rings. The maximum atomic E-state index is 9.37. The first-order chi connectivity index (χ1) is 12.6. The van der Waals surface area contributed by atoms with E-state index in [0.29, 0.717) is 18.2 Å². The van der Waals surface area contributed by atoms with Gasteiger partial charge in [-0.2, -0.15) is 5.26 Å². The highest BCUT2D eigenvalue weighted by Crippen LogP contribution is 2.32. The molecule has 2 atom stereocenters. The first kappa shape index (κ1) is 19.9. The fourth-order valence-corrected chi connectivity index (χ4v) is 3.72. The normalized spacial score (nSPS) is 17.3. The zero-order valence-corrected chi connectivity index (χ0v) is 16.3. The van der Waals surface area contributed by atoms with Crippen LogP contribution in [-0.4, -0.2) is 39.6 Å². The van der Waals surface area contributed by atoms with Gasteiger partial charge in [0.05, 0.1) is 24.2 Å². The highest BCUT2D eigenvalue weighted by molar-refractivity contribution is 5.77. The lowest BCUT2D eigenvalue weighted by molar-refractivity contribution is 0.0100. The van der Waals surface area contributed by atoms with Gasteiger partial charge < -0.3 is 10.7 Å². The van der Waals surface area contributed by atoms with Gasteiger partial charge in [-0.1, -0.05) is 38.8 Å². The van der Waals surface area contributed by atoms with Crippen molar-refractivity contribution in [1.29, 1.82) is 5.26 Å². The van der Waals surface area contributed by atoms with Crippen molar-refractivity contribution in [1.82, 2.24) is 20.0 Å². The molecule has 0 amide bonds. The molecule has 1 aliphatic heterocycles. The van der Waals surface area contributed by atoms with Crippen molar-refractivity contribution in [3.8, 4) is 6.07 Å². The Balaban J connectivity index is 2.40. The lowest BCUT2D eigenvalue weighted by atomic mass is 9.90. The first-order valence-corrected chi connectivity index (χ1v) is 9.37. The van der Waals surface area contributed by atoms with Gasteiger partial charge in [0.1, 0.15) is 12.1 Å². The Bertz CT molecular complexity index is 703. The molecule has 1 aromatic rings. The topological polar surface area (TPSA) is 82.1 Å². The summed E-state index contributed by atoms with van der Waals surface area (Å²) < 4.78 is 0. The molecule has 0 bridgehead atoms. The van der Waals surface area contributed by atoms with Crippen LogP contribution in [0.4, 0.5) is 5.82 Å². The minimum absolute atomic E-state index is 0.178. The quantitative estimate of drug-likeness (QED) is 0.766. The molecular weight excluding hydrogens is 324 g/mol. The fraction of sp³-hybridized carbons (Fsp3) is 0.550. The molecular formula is C20H30N6. The molecule has 2 N–H and O–H groups in total. The van der Waals surface area contributed by atoms with Crippen molar-refractivity contribution in [3.05, 3.63) is 29.9 Å². The van der Waals surface area contributed by atoms with Crippen molar-refractivity contribution in [2.45, 2.75) is 52.5 Å². The van der Waals surface area contributed by atoms with Gasteiger partial charge in [-0.25, -0.2) is 15.0 Å². The lowest BCUT2D eigenvalue weighted by Gasteiger charge is -2.37. The second kappa shape index (κ2) is 9.35. The third-order valence-corrected chi connectivity index (χ3v) is 5.00. The van der Waals surface area contributed by atoms with Gasteiger partial charge in [-0.15, -0.1) is 0 Å². The summed E-state index contributed by atoms with van der Waals surface area (Å²) in [4.78, 5) is 8.60. The van der Waals surface area contributed by atoms with E-state index in [2.05, 4.69) is 53.2 Å². The van der Waals surface area contributed by atoms with Crippen molar-refractivity contribution in [2.75, 3.05) is 19.3 Å². The first-order valence-electron chi connectivity index (χ1n) is 9.37. The summed E-state index contributed by atoms with van der Waals surface area (Å²) in [6.45, 7) is 7.11. The Hall–Kier alpha value is -2.39. The van der Waals surface area contributed by atoms with Gasteiger partial charge >= 0.3 is 0 Å². The number of nitrogens with two attached hydrogens (primary N) is 1. The number of nitrogens with zero attached hydrogens (tertiary/aromatic N) is 5. The molecule has 0 aromatic carbocycles. The van der Waals surface area contributed by atoms with Gasteiger partial charge in [0.2, 0.25) is 0 Å². The van der Waals surface area contributed by atoms with Gasteiger partial charge in [-0.3, -0.25) is 0 Å². The molecule has 1 unspecified atom stereocenters. The van der Waals surface area contributed by atoms with Crippen molar-refractivity contribution >= 4 is 17.5 Å². The van der Waals surface area contributed by atoms with Crippen LogP contribution >= 0.6 is 0 Å². The second-order valence-corrected chi connectivity index (χ2v) is 6.76. The van der Waals surface area contributed by atoms with Crippen LogP contribution in [0.3, 0.4) is 0 Å². The molecule has 0 saturated carbocycles. The smallest absolute Gasteiger partial charge is 0.134 e. The highest BCUT2D eigenvalue weighted by atomic mass is 15.6. The summed E-state index contributed by atoms with van der Waals surface area (Å²) >= 11 is 0. The Kier molecular flexibility index (Phi) is 7.16. The van der Waals surface area contributed by atoms with Crippen LogP contribution in [0.5, 0.6) is 0 Å². The predicted octanol–water partition coefficient (Wildman–Crippen LogP) is 3.70. The van der Waals surface area contributed by atoms with Gasteiger partial charge in [-0.05, 0) is 19.3 Å². The zero-order valence-electron chi connectivity index (χ0n) is 16.3. The highest BCUT2D eigenvalue weighted by Gasteiger charge is 2.32. The average molecular weight is 355 g/mol. The number of hydrogen-bond acceptors (Lipinski definition) is 6. The standard InChI is InChI=1S/C20H30N6/c1-5-8-15(7-3)18(10-11-21)26-13-16(12-25(26)4)19-17(9-6-2)20(22)24-14-23-19/h6,9,13-15,18H,5,7-8,10,12H2,1-4H3,(H2,22,23,24)/b9-6-/t15?,18-/m1/s1. The minimum Gasteiger partial charge on any atom is -0.383 e. The van der Waals surface area contributed by atoms with E-state index in [1.165, 1.54) is 6.33 Å². The maximum Gasteiger partial charge on any atom is 0.134 e. The van der Waals surface area contributed by atoms with Crippen molar-refractivity contribution in [3.63, 3.8) is 0 Å². The molecule has 1 aromatic heterocycles. The second-order valence-electron chi connectivity index (χ2n) is 6.76. The fourth-order valence-electron chi connectivity index (χ4n) is 3.72. The maximum absolute atomic E-state index is 9.37. The largest absolute Gasteiger partial charge is 0.383 e. The SMILES string of the molecule is C/C=C\c1c(N)ncnc1C1=CN([C@H](CC#N)C(CC)CCC)N(C)C1. The number of hydrazine groups is 1. The number of hydrogen-bond donors (Lipinski definition) is 1. The molecule has 0 saturated heterocycles. The minimum atomic E-state index is 0.178. The van der Waals surface area contributed by atoms with Crippen LogP contribution in [-0.2, 0) is 0 Å². The Labute approximate surface area is 157 Å². The van der Waals surface area contributed by atoms with Gasteiger partial charge in [0, 0.05) is 30.9 Å². The number of aromatic nitrogens is 2. The summed E-state index contributed by atoms with van der Waals surface area (Å²) in [5.74, 6) is 0.976. The molecule has 6 heteroatoms. The molecule has 0 spiro atoms. The average Bonchev–Trinajstić information content (AvgIpc) is 3.01. The number of likely N-dealkylation sites (N-methyl/N-ethyl adjacent to an activating group) is 1. The summed E-state index contributed by atoms with van der Waals surface area (Å²) in [6.07, 6.45) is 11.4. The number of nitriles is 1. The van der Waals surface area contributed by atoms with E-state index in [4.69, 9.17) is 5.73 Å².